The molecule has 2 rings (SSSR count). The van der Waals surface area contributed by atoms with Gasteiger partial charge in [0.25, 0.3) is 0 Å². The number of benzene rings is 1. The van der Waals surface area contributed by atoms with Crippen molar-refractivity contribution in [2.24, 2.45) is 0 Å². The predicted molar refractivity (Wildman–Crippen MR) is 70.4 cm³/mol. The van der Waals surface area contributed by atoms with Gasteiger partial charge in [0, 0.05) is 25.6 Å². The molecule has 1 aromatic rings. The molecule has 1 fully saturated rings. The molecule has 1 aliphatic heterocycles. The van der Waals surface area contributed by atoms with Crippen LogP contribution in [-0.4, -0.2) is 36.6 Å². The number of cyclic esters (lactones) is 1. The van der Waals surface area contributed by atoms with E-state index in [0.717, 1.165) is 0 Å². The first-order valence-corrected chi connectivity index (χ1v) is 6.48. The lowest BCUT2D eigenvalue weighted by Gasteiger charge is -2.09. The Morgan fingerprint density at radius 3 is 2.90 bits per heavy atom. The summed E-state index contributed by atoms with van der Waals surface area (Å²) < 4.78 is 18.4. The van der Waals surface area contributed by atoms with E-state index in [9.17, 15) is 14.0 Å². The van der Waals surface area contributed by atoms with Gasteiger partial charge in [-0.3, -0.25) is 4.79 Å². The molecule has 1 atom stereocenters. The Morgan fingerprint density at radius 2 is 2.25 bits per heavy atom. The topological polar surface area (TPSA) is 58.6 Å². The molecule has 0 saturated carbocycles. The fraction of sp³-hybridized carbons (Fsp3) is 0.429. The van der Waals surface area contributed by atoms with Crippen molar-refractivity contribution in [1.82, 2.24) is 10.2 Å². The summed E-state index contributed by atoms with van der Waals surface area (Å²) in [4.78, 5) is 24.3. The highest BCUT2D eigenvalue weighted by Crippen LogP contribution is 2.13. The Labute approximate surface area is 116 Å². The Balaban J connectivity index is 1.71. The quantitative estimate of drug-likeness (QED) is 0.892. The molecule has 1 saturated heterocycles. The van der Waals surface area contributed by atoms with Crippen molar-refractivity contribution in [3.63, 3.8) is 0 Å². The Bertz CT molecular complexity index is 507. The molecule has 2 amide bonds. The first kappa shape index (κ1) is 14.3. The van der Waals surface area contributed by atoms with Gasteiger partial charge in [0.15, 0.2) is 0 Å². The third-order valence-electron chi connectivity index (χ3n) is 3.18. The zero-order valence-electron chi connectivity index (χ0n) is 11.3. The Kier molecular flexibility index (Phi) is 4.55. The lowest BCUT2D eigenvalue weighted by atomic mass is 10.1. The van der Waals surface area contributed by atoms with E-state index in [1.807, 2.05) is 0 Å². The van der Waals surface area contributed by atoms with Crippen molar-refractivity contribution in [2.75, 3.05) is 13.6 Å². The number of rotatable bonds is 5. The van der Waals surface area contributed by atoms with Gasteiger partial charge < -0.3 is 15.0 Å². The molecule has 0 aliphatic carbocycles. The largest absolute Gasteiger partial charge is 0.444 e. The standard InChI is InChI=1S/C14H17FN2O3/c1-17-9-11(20-14(17)19)6-7-13(18)16-8-10-4-2-3-5-12(10)15/h2-5,11H,6-9H2,1H3,(H,16,18). The summed E-state index contributed by atoms with van der Waals surface area (Å²) in [7, 11) is 1.65. The van der Waals surface area contributed by atoms with Gasteiger partial charge in [-0.05, 0) is 12.5 Å². The highest BCUT2D eigenvalue weighted by Gasteiger charge is 2.28. The Hall–Kier alpha value is -2.11. The van der Waals surface area contributed by atoms with Crippen molar-refractivity contribution in [3.05, 3.63) is 35.6 Å². The van der Waals surface area contributed by atoms with Crippen LogP contribution in [0.1, 0.15) is 18.4 Å². The highest BCUT2D eigenvalue weighted by molar-refractivity contribution is 5.76. The van der Waals surface area contributed by atoms with Gasteiger partial charge in [0.2, 0.25) is 5.91 Å². The minimum atomic E-state index is -0.359. The molecule has 0 bridgehead atoms. The smallest absolute Gasteiger partial charge is 0.409 e. The van der Waals surface area contributed by atoms with Crippen LogP contribution in [0.5, 0.6) is 0 Å². The van der Waals surface area contributed by atoms with Crippen LogP contribution in [0.4, 0.5) is 9.18 Å². The summed E-state index contributed by atoms with van der Waals surface area (Å²) in [5.41, 5.74) is 0.452. The second kappa shape index (κ2) is 6.36. The molecular formula is C14H17FN2O3. The summed E-state index contributed by atoms with van der Waals surface area (Å²) in [6.07, 6.45) is 0.118. The van der Waals surface area contributed by atoms with Gasteiger partial charge in [0.05, 0.1) is 6.54 Å². The second-order valence-corrected chi connectivity index (χ2v) is 4.79. The lowest BCUT2D eigenvalue weighted by molar-refractivity contribution is -0.121. The van der Waals surface area contributed by atoms with Crippen LogP contribution in [0, 0.1) is 5.82 Å². The zero-order chi connectivity index (χ0) is 14.5. The molecule has 0 aromatic heterocycles. The maximum Gasteiger partial charge on any atom is 0.409 e. The van der Waals surface area contributed by atoms with E-state index in [4.69, 9.17) is 4.74 Å². The monoisotopic (exact) mass is 280 g/mol. The van der Waals surface area contributed by atoms with Crippen molar-refractivity contribution in [3.8, 4) is 0 Å². The van der Waals surface area contributed by atoms with Crippen LogP contribution >= 0.6 is 0 Å². The summed E-state index contributed by atoms with van der Waals surface area (Å²) in [6.45, 7) is 0.662. The van der Waals surface area contributed by atoms with E-state index >= 15 is 0 Å². The van der Waals surface area contributed by atoms with Crippen LogP contribution in [0.25, 0.3) is 0 Å². The summed E-state index contributed by atoms with van der Waals surface area (Å²) in [6, 6.07) is 6.31. The molecule has 20 heavy (non-hydrogen) atoms. The molecule has 1 heterocycles. The minimum Gasteiger partial charge on any atom is -0.444 e. The first-order valence-electron chi connectivity index (χ1n) is 6.48. The Morgan fingerprint density at radius 1 is 1.50 bits per heavy atom. The lowest BCUT2D eigenvalue weighted by Crippen LogP contribution is -2.25. The molecule has 6 heteroatoms. The number of nitrogens with one attached hydrogen (secondary N) is 1. The van der Waals surface area contributed by atoms with E-state index in [1.54, 1.807) is 25.2 Å². The van der Waals surface area contributed by atoms with E-state index in [2.05, 4.69) is 5.32 Å². The fourth-order valence-electron chi connectivity index (χ4n) is 2.02. The number of carbonyl (C=O) groups excluding carboxylic acids is 2. The van der Waals surface area contributed by atoms with Gasteiger partial charge in [-0.25, -0.2) is 9.18 Å². The van der Waals surface area contributed by atoms with Crippen molar-refractivity contribution >= 4 is 12.0 Å². The number of nitrogens with zero attached hydrogens (tertiary/aromatic N) is 1. The van der Waals surface area contributed by atoms with Crippen LogP contribution in [-0.2, 0) is 16.1 Å². The first-order chi connectivity index (χ1) is 9.56. The number of likely N-dealkylation sites (N-methyl/N-ethyl adjacent to an activating group) is 1. The number of hydrogen-bond donors (Lipinski definition) is 1. The van der Waals surface area contributed by atoms with Gasteiger partial charge in [-0.2, -0.15) is 0 Å². The van der Waals surface area contributed by atoms with Gasteiger partial charge >= 0.3 is 6.09 Å². The molecule has 1 unspecified atom stereocenters. The van der Waals surface area contributed by atoms with Crippen LogP contribution in [0.15, 0.2) is 24.3 Å². The minimum absolute atomic E-state index is 0.163. The van der Waals surface area contributed by atoms with Gasteiger partial charge in [0.1, 0.15) is 11.9 Å². The molecule has 1 N–H and O–H groups in total. The number of halogens is 1. The number of carbonyl (C=O) groups is 2. The van der Waals surface area contributed by atoms with Crippen molar-refractivity contribution in [1.29, 1.82) is 0 Å². The number of hydrogen-bond acceptors (Lipinski definition) is 3. The van der Waals surface area contributed by atoms with Gasteiger partial charge in [-0.15, -0.1) is 0 Å². The third-order valence-corrected chi connectivity index (χ3v) is 3.18. The number of amides is 2. The molecule has 1 aromatic carbocycles. The molecule has 0 radical (unpaired) electrons. The van der Waals surface area contributed by atoms with Crippen molar-refractivity contribution in [2.45, 2.75) is 25.5 Å². The number of ether oxygens (including phenoxy) is 1. The second-order valence-electron chi connectivity index (χ2n) is 4.79. The van der Waals surface area contributed by atoms with Crippen LogP contribution in [0.2, 0.25) is 0 Å². The van der Waals surface area contributed by atoms with E-state index in [0.29, 0.717) is 18.5 Å². The van der Waals surface area contributed by atoms with Crippen LogP contribution in [0.3, 0.4) is 0 Å². The summed E-state index contributed by atoms with van der Waals surface area (Å²) >= 11 is 0. The average molecular weight is 280 g/mol. The maximum absolute atomic E-state index is 13.3. The predicted octanol–water partition coefficient (Wildman–Crippen LogP) is 1.67. The highest BCUT2D eigenvalue weighted by atomic mass is 19.1. The summed E-state index contributed by atoms with van der Waals surface area (Å²) in [5, 5.41) is 2.65. The zero-order valence-corrected chi connectivity index (χ0v) is 11.3. The third kappa shape index (κ3) is 3.69. The van der Waals surface area contributed by atoms with Crippen LogP contribution < -0.4 is 5.32 Å². The summed E-state index contributed by atoms with van der Waals surface area (Å²) in [5.74, 6) is -0.516. The van der Waals surface area contributed by atoms with E-state index in [-0.39, 0.29) is 36.9 Å². The van der Waals surface area contributed by atoms with E-state index < -0.39 is 0 Å². The molecule has 5 nitrogen and oxygen atoms in total. The van der Waals surface area contributed by atoms with Gasteiger partial charge in [-0.1, -0.05) is 18.2 Å². The molecular weight excluding hydrogens is 263 g/mol. The normalized spacial score (nSPS) is 18.0. The average Bonchev–Trinajstić information content (AvgIpc) is 2.75. The fourth-order valence-corrected chi connectivity index (χ4v) is 2.02. The van der Waals surface area contributed by atoms with E-state index in [1.165, 1.54) is 11.0 Å². The SMILES string of the molecule is CN1CC(CCC(=O)NCc2ccccc2F)OC1=O. The van der Waals surface area contributed by atoms with Crippen molar-refractivity contribution < 1.29 is 18.7 Å². The maximum atomic E-state index is 13.3. The molecule has 1 aliphatic rings. The molecule has 108 valence electrons. The molecule has 0 spiro atoms.